The number of hydrogen-bond donors (Lipinski definition) is 0. The van der Waals surface area contributed by atoms with Crippen LogP contribution in [0.2, 0.25) is 8.67 Å². The van der Waals surface area contributed by atoms with Crippen molar-refractivity contribution in [2.45, 2.75) is 6.92 Å². The van der Waals surface area contributed by atoms with Crippen molar-refractivity contribution in [3.63, 3.8) is 0 Å². The van der Waals surface area contributed by atoms with Crippen LogP contribution in [0, 0.1) is 0 Å². The maximum Gasteiger partial charge on any atom is 0.312 e. The minimum Gasteiger partial charge on any atom is -0.333 e. The van der Waals surface area contributed by atoms with Gasteiger partial charge in [-0.05, 0) is 13.0 Å². The molecule has 0 bridgehead atoms. The Bertz CT molecular complexity index is 573. The molecular formula is C12H12Cl2N2O3S. The van der Waals surface area contributed by atoms with E-state index in [1.807, 2.05) is 0 Å². The van der Waals surface area contributed by atoms with Crippen LogP contribution in [-0.2, 0) is 9.59 Å². The van der Waals surface area contributed by atoms with E-state index in [0.29, 0.717) is 33.9 Å². The van der Waals surface area contributed by atoms with E-state index in [9.17, 15) is 14.4 Å². The molecular weight excluding hydrogens is 323 g/mol. The molecule has 2 amide bonds. The number of nitrogens with zero attached hydrogens (tertiary/aromatic N) is 2. The number of Topliss-reactive ketones (excluding diaryl/α,β-unsaturated/α-hetero) is 1. The van der Waals surface area contributed by atoms with Crippen LogP contribution in [0.1, 0.15) is 17.3 Å². The maximum atomic E-state index is 12.1. The van der Waals surface area contributed by atoms with Crippen molar-refractivity contribution in [2.75, 3.05) is 26.2 Å². The highest BCUT2D eigenvalue weighted by Crippen LogP contribution is 2.31. The molecule has 0 atom stereocenters. The smallest absolute Gasteiger partial charge is 0.312 e. The Hall–Kier alpha value is -1.11. The number of piperazine rings is 1. The second-order valence-electron chi connectivity index (χ2n) is 4.27. The number of thiophene rings is 1. The van der Waals surface area contributed by atoms with Gasteiger partial charge >= 0.3 is 11.8 Å². The molecule has 1 aromatic rings. The Morgan fingerprint density at radius 3 is 2.40 bits per heavy atom. The van der Waals surface area contributed by atoms with E-state index in [4.69, 9.17) is 23.2 Å². The van der Waals surface area contributed by atoms with Gasteiger partial charge in [0.1, 0.15) is 4.34 Å². The highest BCUT2D eigenvalue weighted by molar-refractivity contribution is 7.20. The summed E-state index contributed by atoms with van der Waals surface area (Å²) in [5.41, 5.74) is 0.292. The van der Waals surface area contributed by atoms with Gasteiger partial charge in [0.05, 0.1) is 16.4 Å². The van der Waals surface area contributed by atoms with E-state index in [-0.39, 0.29) is 12.3 Å². The second-order valence-corrected chi connectivity index (χ2v) is 6.56. The SMILES string of the molecule is CCN1CCN(CC(=O)c2cc(Cl)sc2Cl)C(=O)C1=O. The minimum atomic E-state index is -0.649. The molecule has 1 saturated heterocycles. The molecule has 2 heterocycles. The minimum absolute atomic E-state index is 0.158. The van der Waals surface area contributed by atoms with Gasteiger partial charge in [0.2, 0.25) is 0 Å². The zero-order chi connectivity index (χ0) is 14.9. The molecule has 0 aliphatic carbocycles. The summed E-state index contributed by atoms with van der Waals surface area (Å²) in [5, 5.41) is 0. The van der Waals surface area contributed by atoms with Crippen LogP contribution in [0.3, 0.4) is 0 Å². The summed E-state index contributed by atoms with van der Waals surface area (Å²) in [7, 11) is 0. The number of ketones is 1. The lowest BCUT2D eigenvalue weighted by molar-refractivity contribution is -0.155. The fourth-order valence-electron chi connectivity index (χ4n) is 1.96. The van der Waals surface area contributed by atoms with Crippen LogP contribution in [-0.4, -0.2) is 53.6 Å². The van der Waals surface area contributed by atoms with Gasteiger partial charge in [-0.3, -0.25) is 14.4 Å². The second kappa shape index (κ2) is 6.11. The molecule has 20 heavy (non-hydrogen) atoms. The third-order valence-electron chi connectivity index (χ3n) is 3.07. The number of carbonyl (C=O) groups excluding carboxylic acids is 3. The summed E-state index contributed by atoms with van der Waals surface area (Å²) in [6.07, 6.45) is 0. The van der Waals surface area contributed by atoms with Crippen LogP contribution < -0.4 is 0 Å². The van der Waals surface area contributed by atoms with Crippen LogP contribution >= 0.6 is 34.5 Å². The van der Waals surface area contributed by atoms with Gasteiger partial charge in [-0.1, -0.05) is 23.2 Å². The Labute approximate surface area is 130 Å². The van der Waals surface area contributed by atoms with Gasteiger partial charge < -0.3 is 9.80 Å². The molecule has 1 aliphatic rings. The monoisotopic (exact) mass is 334 g/mol. The van der Waals surface area contributed by atoms with E-state index in [1.165, 1.54) is 15.9 Å². The highest BCUT2D eigenvalue weighted by atomic mass is 35.5. The van der Waals surface area contributed by atoms with Crippen molar-refractivity contribution >= 4 is 52.1 Å². The van der Waals surface area contributed by atoms with Crippen LogP contribution in [0.15, 0.2) is 6.07 Å². The number of amides is 2. The molecule has 1 aliphatic heterocycles. The van der Waals surface area contributed by atoms with Crippen molar-refractivity contribution in [3.05, 3.63) is 20.3 Å². The number of halogens is 2. The highest BCUT2D eigenvalue weighted by Gasteiger charge is 2.33. The summed E-state index contributed by atoms with van der Waals surface area (Å²) in [6, 6.07) is 1.48. The maximum absolute atomic E-state index is 12.1. The van der Waals surface area contributed by atoms with Crippen LogP contribution in [0.5, 0.6) is 0 Å². The molecule has 0 aromatic carbocycles. The zero-order valence-electron chi connectivity index (χ0n) is 10.7. The molecule has 5 nitrogen and oxygen atoms in total. The van der Waals surface area contributed by atoms with Gasteiger partial charge in [0, 0.05) is 19.6 Å². The van der Waals surface area contributed by atoms with Crippen molar-refractivity contribution in [2.24, 2.45) is 0 Å². The van der Waals surface area contributed by atoms with Crippen molar-refractivity contribution in [3.8, 4) is 0 Å². The topological polar surface area (TPSA) is 57.7 Å². The Kier molecular flexibility index (Phi) is 4.67. The Morgan fingerprint density at radius 2 is 1.85 bits per heavy atom. The lowest BCUT2D eigenvalue weighted by atomic mass is 10.2. The van der Waals surface area contributed by atoms with Gasteiger partial charge in [-0.15, -0.1) is 11.3 Å². The van der Waals surface area contributed by atoms with Gasteiger partial charge in [-0.25, -0.2) is 0 Å². The number of rotatable bonds is 4. The van der Waals surface area contributed by atoms with Gasteiger partial charge in [0.15, 0.2) is 5.78 Å². The molecule has 8 heteroatoms. The Balaban J connectivity index is 2.07. The molecule has 0 N–H and O–H groups in total. The van der Waals surface area contributed by atoms with Crippen molar-refractivity contribution in [1.29, 1.82) is 0 Å². The lowest BCUT2D eigenvalue weighted by Crippen LogP contribution is -2.55. The predicted molar refractivity (Wildman–Crippen MR) is 77.5 cm³/mol. The first kappa shape index (κ1) is 15.3. The van der Waals surface area contributed by atoms with E-state index in [2.05, 4.69) is 0 Å². The number of hydrogen-bond acceptors (Lipinski definition) is 4. The number of carbonyl (C=O) groups is 3. The first-order chi connectivity index (χ1) is 9.43. The van der Waals surface area contributed by atoms with E-state index >= 15 is 0 Å². The first-order valence-electron chi connectivity index (χ1n) is 6.00. The standard InChI is InChI=1S/C12H12Cl2N2O3S/c1-2-15-3-4-16(12(19)11(15)18)6-8(17)7-5-9(13)20-10(7)14/h5H,2-4,6H2,1H3. The predicted octanol–water partition coefficient (Wildman–Crippen LogP) is 1.93. The molecule has 0 radical (unpaired) electrons. The molecule has 2 rings (SSSR count). The molecule has 1 aromatic heterocycles. The largest absolute Gasteiger partial charge is 0.333 e. The third-order valence-corrected chi connectivity index (χ3v) is 4.56. The number of likely N-dealkylation sites (N-methyl/N-ethyl adjacent to an activating group) is 1. The Morgan fingerprint density at radius 1 is 1.25 bits per heavy atom. The quantitative estimate of drug-likeness (QED) is 0.624. The van der Waals surface area contributed by atoms with E-state index < -0.39 is 11.8 Å². The first-order valence-corrected chi connectivity index (χ1v) is 7.57. The third kappa shape index (κ3) is 2.97. The summed E-state index contributed by atoms with van der Waals surface area (Å²) in [5.74, 6) is -1.53. The fourth-order valence-corrected chi connectivity index (χ4v) is 3.46. The molecule has 0 unspecified atom stereocenters. The summed E-state index contributed by atoms with van der Waals surface area (Å²) >= 11 is 12.8. The molecule has 108 valence electrons. The molecule has 0 spiro atoms. The summed E-state index contributed by atoms with van der Waals surface area (Å²) < 4.78 is 0.711. The van der Waals surface area contributed by atoms with E-state index in [0.717, 1.165) is 11.3 Å². The lowest BCUT2D eigenvalue weighted by Gasteiger charge is -2.32. The molecule has 0 saturated carbocycles. The fraction of sp³-hybridized carbons (Fsp3) is 0.417. The average Bonchev–Trinajstić information content (AvgIpc) is 2.74. The van der Waals surface area contributed by atoms with Gasteiger partial charge in [-0.2, -0.15) is 0 Å². The average molecular weight is 335 g/mol. The van der Waals surface area contributed by atoms with Crippen molar-refractivity contribution < 1.29 is 14.4 Å². The summed E-state index contributed by atoms with van der Waals surface area (Å²) in [6.45, 7) is 2.92. The molecule has 1 fully saturated rings. The van der Waals surface area contributed by atoms with Crippen LogP contribution in [0.25, 0.3) is 0 Å². The zero-order valence-corrected chi connectivity index (χ0v) is 13.0. The van der Waals surface area contributed by atoms with Crippen molar-refractivity contribution in [1.82, 2.24) is 9.80 Å². The summed E-state index contributed by atoms with van der Waals surface area (Å²) in [4.78, 5) is 38.4. The van der Waals surface area contributed by atoms with Gasteiger partial charge in [0.25, 0.3) is 0 Å². The van der Waals surface area contributed by atoms with Crippen LogP contribution in [0.4, 0.5) is 0 Å². The van der Waals surface area contributed by atoms with E-state index in [1.54, 1.807) is 6.92 Å². The normalized spacial score (nSPS) is 15.9.